The van der Waals surface area contributed by atoms with E-state index in [-0.39, 0.29) is 5.60 Å². The first-order chi connectivity index (χ1) is 9.18. The van der Waals surface area contributed by atoms with Crippen molar-refractivity contribution in [2.75, 3.05) is 56.2 Å². The Morgan fingerprint density at radius 2 is 1.95 bits per heavy atom. The van der Waals surface area contributed by atoms with E-state index in [0.29, 0.717) is 0 Å². The van der Waals surface area contributed by atoms with Gasteiger partial charge in [0.2, 0.25) is 0 Å². The molecule has 4 nitrogen and oxygen atoms in total. The smallest absolute Gasteiger partial charge is 0.0902 e. The Morgan fingerprint density at radius 1 is 1.21 bits per heavy atom. The van der Waals surface area contributed by atoms with E-state index >= 15 is 0 Å². The fourth-order valence-electron chi connectivity index (χ4n) is 2.78. The Morgan fingerprint density at radius 3 is 2.63 bits per heavy atom. The van der Waals surface area contributed by atoms with E-state index in [9.17, 15) is 0 Å². The number of nitrogens with one attached hydrogen (secondary N) is 1. The van der Waals surface area contributed by atoms with E-state index in [4.69, 9.17) is 4.74 Å². The molecule has 1 fully saturated rings. The Bertz CT molecular complexity index is 445. The summed E-state index contributed by atoms with van der Waals surface area (Å²) in [6.45, 7) is 8.07. The van der Waals surface area contributed by atoms with Gasteiger partial charge in [0.05, 0.1) is 23.6 Å². The Balaban J connectivity index is 1.61. The summed E-state index contributed by atoms with van der Waals surface area (Å²) < 4.78 is 5.99. The molecule has 0 aromatic heterocycles. The molecule has 1 aromatic rings. The fourth-order valence-corrected chi connectivity index (χ4v) is 2.78. The predicted molar refractivity (Wildman–Crippen MR) is 79.2 cm³/mol. The zero-order chi connectivity index (χ0) is 13.3. The molecule has 1 N–H and O–H groups in total. The molecule has 0 spiro atoms. The summed E-state index contributed by atoms with van der Waals surface area (Å²) in [5.74, 6) is 0. The van der Waals surface area contributed by atoms with Gasteiger partial charge in [-0.25, -0.2) is 0 Å². The van der Waals surface area contributed by atoms with Crippen molar-refractivity contribution in [2.45, 2.75) is 12.5 Å². The molecule has 0 aliphatic carbocycles. The summed E-state index contributed by atoms with van der Waals surface area (Å²) in [5, 5.41) is 3.27. The highest BCUT2D eigenvalue weighted by Gasteiger charge is 2.32. The summed E-state index contributed by atoms with van der Waals surface area (Å²) in [6, 6.07) is 8.62. The lowest BCUT2D eigenvalue weighted by molar-refractivity contribution is -0.0633. The normalized spacial score (nSPS) is 20.9. The SMILES string of the molecule is CN1CCN(CCOC2(C)CNC2)c2ccccc21. The van der Waals surface area contributed by atoms with Gasteiger partial charge >= 0.3 is 0 Å². The van der Waals surface area contributed by atoms with Crippen LogP contribution in [0.3, 0.4) is 0 Å². The lowest BCUT2D eigenvalue weighted by Crippen LogP contribution is -2.59. The highest BCUT2D eigenvalue weighted by Crippen LogP contribution is 2.31. The molecule has 0 bridgehead atoms. The minimum Gasteiger partial charge on any atom is -0.371 e. The first kappa shape index (κ1) is 12.8. The second-order valence-electron chi connectivity index (χ2n) is 5.80. The molecule has 1 saturated heterocycles. The van der Waals surface area contributed by atoms with Gasteiger partial charge in [-0.15, -0.1) is 0 Å². The maximum absolute atomic E-state index is 5.99. The fraction of sp³-hybridized carbons (Fsp3) is 0.600. The monoisotopic (exact) mass is 261 g/mol. The van der Waals surface area contributed by atoms with Gasteiger partial charge in [-0.2, -0.15) is 0 Å². The second kappa shape index (κ2) is 5.02. The maximum atomic E-state index is 5.99. The summed E-state index contributed by atoms with van der Waals surface area (Å²) >= 11 is 0. The van der Waals surface area contributed by atoms with E-state index in [1.54, 1.807) is 0 Å². The van der Waals surface area contributed by atoms with E-state index < -0.39 is 0 Å². The van der Waals surface area contributed by atoms with Crippen molar-refractivity contribution in [3.05, 3.63) is 24.3 Å². The first-order valence-corrected chi connectivity index (χ1v) is 7.08. The third-order valence-electron chi connectivity index (χ3n) is 4.15. The standard InChI is InChI=1S/C15H23N3O/c1-15(11-16-12-15)19-10-9-18-8-7-17(2)13-5-3-4-6-14(13)18/h3-6,16H,7-12H2,1-2H3. The number of fused-ring (bicyclic) bond motifs is 1. The molecule has 0 saturated carbocycles. The number of nitrogens with zero attached hydrogens (tertiary/aromatic N) is 2. The van der Waals surface area contributed by atoms with Crippen LogP contribution < -0.4 is 15.1 Å². The number of para-hydroxylation sites is 2. The number of rotatable bonds is 4. The van der Waals surface area contributed by atoms with Crippen LogP contribution in [0.15, 0.2) is 24.3 Å². The van der Waals surface area contributed by atoms with Gasteiger partial charge in [0.15, 0.2) is 0 Å². The van der Waals surface area contributed by atoms with E-state index in [0.717, 1.165) is 39.3 Å². The van der Waals surface area contributed by atoms with Crippen LogP contribution in [0.5, 0.6) is 0 Å². The zero-order valence-electron chi connectivity index (χ0n) is 11.9. The van der Waals surface area contributed by atoms with Gasteiger partial charge in [0.1, 0.15) is 0 Å². The van der Waals surface area contributed by atoms with E-state index in [1.165, 1.54) is 11.4 Å². The predicted octanol–water partition coefficient (Wildman–Crippen LogP) is 1.32. The van der Waals surface area contributed by atoms with Crippen LogP contribution in [0, 0.1) is 0 Å². The van der Waals surface area contributed by atoms with Crippen LogP contribution in [0.2, 0.25) is 0 Å². The zero-order valence-corrected chi connectivity index (χ0v) is 11.9. The van der Waals surface area contributed by atoms with Crippen molar-refractivity contribution in [3.8, 4) is 0 Å². The van der Waals surface area contributed by atoms with E-state index in [1.807, 2.05) is 0 Å². The lowest BCUT2D eigenvalue weighted by Gasteiger charge is -2.41. The molecular weight excluding hydrogens is 238 g/mol. The number of ether oxygens (including phenoxy) is 1. The van der Waals surface area contributed by atoms with Crippen molar-refractivity contribution in [1.29, 1.82) is 0 Å². The van der Waals surface area contributed by atoms with Crippen molar-refractivity contribution < 1.29 is 4.74 Å². The summed E-state index contributed by atoms with van der Waals surface area (Å²) in [5.41, 5.74) is 2.72. The Labute approximate surface area is 115 Å². The summed E-state index contributed by atoms with van der Waals surface area (Å²) in [6.07, 6.45) is 0. The lowest BCUT2D eigenvalue weighted by atomic mass is 10.0. The highest BCUT2D eigenvalue weighted by molar-refractivity contribution is 5.73. The van der Waals surface area contributed by atoms with Crippen molar-refractivity contribution in [1.82, 2.24) is 5.32 Å². The third kappa shape index (κ3) is 2.55. The van der Waals surface area contributed by atoms with Crippen LogP contribution in [-0.2, 0) is 4.74 Å². The molecule has 0 amide bonds. The number of hydrogen-bond acceptors (Lipinski definition) is 4. The average molecular weight is 261 g/mol. The molecule has 1 aromatic carbocycles. The van der Waals surface area contributed by atoms with Crippen LogP contribution in [0.4, 0.5) is 11.4 Å². The molecular formula is C15H23N3O. The molecule has 2 aliphatic rings. The molecule has 0 radical (unpaired) electrons. The van der Waals surface area contributed by atoms with Gasteiger partial charge in [-0.05, 0) is 19.1 Å². The topological polar surface area (TPSA) is 27.7 Å². The molecule has 2 aliphatic heterocycles. The minimum absolute atomic E-state index is 0.0616. The van der Waals surface area contributed by atoms with Gasteiger partial charge in [-0.3, -0.25) is 0 Å². The molecule has 3 rings (SSSR count). The van der Waals surface area contributed by atoms with Crippen molar-refractivity contribution in [2.24, 2.45) is 0 Å². The average Bonchev–Trinajstić information content (AvgIpc) is 2.40. The van der Waals surface area contributed by atoms with Gasteiger partial charge < -0.3 is 19.9 Å². The highest BCUT2D eigenvalue weighted by atomic mass is 16.5. The number of hydrogen-bond donors (Lipinski definition) is 1. The third-order valence-corrected chi connectivity index (χ3v) is 4.15. The van der Waals surface area contributed by atoms with Crippen LogP contribution in [-0.4, -0.2) is 52.0 Å². The van der Waals surface area contributed by atoms with Gasteiger partial charge in [0, 0.05) is 39.8 Å². The Kier molecular flexibility index (Phi) is 3.37. The van der Waals surface area contributed by atoms with Crippen molar-refractivity contribution >= 4 is 11.4 Å². The molecule has 2 heterocycles. The van der Waals surface area contributed by atoms with Crippen LogP contribution in [0.1, 0.15) is 6.92 Å². The Hall–Kier alpha value is -1.26. The summed E-state index contributed by atoms with van der Waals surface area (Å²) in [4.78, 5) is 4.76. The number of likely N-dealkylation sites (N-methyl/N-ethyl adjacent to an activating group) is 1. The molecule has 0 unspecified atom stereocenters. The molecule has 4 heteroatoms. The van der Waals surface area contributed by atoms with Gasteiger partial charge in [-0.1, -0.05) is 12.1 Å². The van der Waals surface area contributed by atoms with E-state index in [2.05, 4.69) is 53.4 Å². The number of benzene rings is 1. The summed E-state index contributed by atoms with van der Waals surface area (Å²) in [7, 11) is 2.16. The van der Waals surface area contributed by atoms with Crippen molar-refractivity contribution in [3.63, 3.8) is 0 Å². The van der Waals surface area contributed by atoms with Gasteiger partial charge in [0.25, 0.3) is 0 Å². The largest absolute Gasteiger partial charge is 0.371 e. The maximum Gasteiger partial charge on any atom is 0.0902 e. The molecule has 104 valence electrons. The van der Waals surface area contributed by atoms with Crippen LogP contribution >= 0.6 is 0 Å². The van der Waals surface area contributed by atoms with Crippen LogP contribution in [0.25, 0.3) is 0 Å². The minimum atomic E-state index is 0.0616. The molecule has 19 heavy (non-hydrogen) atoms. The first-order valence-electron chi connectivity index (χ1n) is 7.08. The second-order valence-corrected chi connectivity index (χ2v) is 5.80. The molecule has 0 atom stereocenters. The quantitative estimate of drug-likeness (QED) is 0.885. The number of anilines is 2.